The van der Waals surface area contributed by atoms with Crippen LogP contribution in [0.1, 0.15) is 30.9 Å². The molecule has 2 aromatic carbocycles. The monoisotopic (exact) mass is 403 g/mol. The highest BCUT2D eigenvalue weighted by Crippen LogP contribution is 2.49. The van der Waals surface area contributed by atoms with Crippen LogP contribution in [0.2, 0.25) is 0 Å². The maximum absolute atomic E-state index is 12.7. The molecule has 2 aromatic rings. The third kappa shape index (κ3) is 4.11. The fraction of sp³-hybridized carbons (Fsp3) is 0.391. The lowest BCUT2D eigenvalue weighted by molar-refractivity contribution is -0.119. The zero-order valence-corrected chi connectivity index (χ0v) is 17.9. The highest BCUT2D eigenvalue weighted by Gasteiger charge is 2.29. The number of hydrogen-bond acceptors (Lipinski definition) is 5. The van der Waals surface area contributed by atoms with Crippen LogP contribution in [0, 0.1) is 5.92 Å². The van der Waals surface area contributed by atoms with Gasteiger partial charge in [0.2, 0.25) is 5.75 Å². The van der Waals surface area contributed by atoms with Crippen LogP contribution in [-0.4, -0.2) is 42.0 Å². The number of hydrogen-bond donors (Lipinski definition) is 0. The van der Waals surface area contributed by atoms with Crippen molar-refractivity contribution >= 4 is 26.2 Å². The molecule has 0 saturated heterocycles. The number of ether oxygens (including phenoxy) is 3. The van der Waals surface area contributed by atoms with Crippen LogP contribution in [0.3, 0.4) is 0 Å². The second-order valence-corrected chi connectivity index (χ2v) is 7.45. The highest BCUT2D eigenvalue weighted by atomic mass is 16.5. The molecule has 3 radical (unpaired) electrons. The van der Waals surface area contributed by atoms with Gasteiger partial charge in [0.15, 0.2) is 16.9 Å². The minimum Gasteiger partial charge on any atom is -0.493 e. The average molecular weight is 403 g/mol. The van der Waals surface area contributed by atoms with E-state index in [1.807, 2.05) is 19.1 Å². The van der Waals surface area contributed by atoms with Crippen LogP contribution in [0.15, 0.2) is 29.1 Å². The molecular weight excluding hydrogens is 378 g/mol. The van der Waals surface area contributed by atoms with Gasteiger partial charge < -0.3 is 14.2 Å². The van der Waals surface area contributed by atoms with Crippen molar-refractivity contribution in [3.05, 3.63) is 45.6 Å². The van der Waals surface area contributed by atoms with Gasteiger partial charge >= 0.3 is 0 Å². The lowest BCUT2D eigenvalue weighted by atomic mass is 9.51. The van der Waals surface area contributed by atoms with Gasteiger partial charge in [-0.3, -0.25) is 9.59 Å². The molecule has 1 aliphatic carbocycles. The predicted octanol–water partition coefficient (Wildman–Crippen LogP) is 2.24. The molecule has 5 nitrogen and oxygen atoms in total. The Balaban J connectivity index is 2.35. The van der Waals surface area contributed by atoms with Crippen LogP contribution < -0.4 is 25.1 Å². The summed E-state index contributed by atoms with van der Waals surface area (Å²) in [6.45, 7) is 1.87. The third-order valence-corrected chi connectivity index (χ3v) is 5.65. The Morgan fingerprint density at radius 3 is 2.37 bits per heavy atom. The first-order valence-corrected chi connectivity index (χ1v) is 10.0. The summed E-state index contributed by atoms with van der Waals surface area (Å²) in [7, 11) is 11.7. The van der Waals surface area contributed by atoms with E-state index in [1.54, 1.807) is 33.5 Å². The molecule has 0 heterocycles. The Hall–Kier alpha value is -2.69. The predicted molar refractivity (Wildman–Crippen MR) is 120 cm³/mol. The first kappa shape index (κ1) is 22.0. The molecule has 1 aliphatic rings. The second-order valence-electron chi connectivity index (χ2n) is 7.45. The molecule has 0 fully saturated rings. The van der Waals surface area contributed by atoms with Gasteiger partial charge in [-0.2, -0.15) is 0 Å². The Morgan fingerprint density at radius 2 is 1.77 bits per heavy atom. The summed E-state index contributed by atoms with van der Waals surface area (Å²) < 4.78 is 16.9. The molecule has 0 aliphatic heterocycles. The van der Waals surface area contributed by atoms with Gasteiger partial charge in [-0.15, -0.1) is 0 Å². The van der Waals surface area contributed by atoms with E-state index in [1.165, 1.54) is 7.17 Å². The number of benzene rings is 1. The zero-order chi connectivity index (χ0) is 21.8. The maximum atomic E-state index is 12.7. The number of ketones is 1. The quantitative estimate of drug-likeness (QED) is 0.664. The maximum Gasteiger partial charge on any atom is 0.203 e. The van der Waals surface area contributed by atoms with E-state index in [0.717, 1.165) is 22.3 Å². The van der Waals surface area contributed by atoms with Gasteiger partial charge in [-0.25, -0.2) is 0 Å². The van der Waals surface area contributed by atoms with E-state index >= 15 is 0 Å². The minimum absolute atomic E-state index is 0.0624. The summed E-state index contributed by atoms with van der Waals surface area (Å²) in [6.07, 6.45) is 2.22. The van der Waals surface area contributed by atoms with E-state index in [-0.39, 0.29) is 17.1 Å². The summed E-state index contributed by atoms with van der Waals surface area (Å²) in [6, 6.07) is 7.18. The molecule has 7 heteroatoms. The van der Waals surface area contributed by atoms with Gasteiger partial charge in [-0.1, -0.05) is 24.5 Å². The van der Waals surface area contributed by atoms with E-state index in [2.05, 4.69) is 0 Å². The summed E-state index contributed by atoms with van der Waals surface area (Å²) >= 11 is 0. The Kier molecular flexibility index (Phi) is 6.91. The van der Waals surface area contributed by atoms with Crippen molar-refractivity contribution in [1.82, 2.24) is 0 Å². The zero-order valence-electron chi connectivity index (χ0n) is 17.9. The molecule has 0 aromatic heterocycles. The fourth-order valence-electron chi connectivity index (χ4n) is 4.20. The van der Waals surface area contributed by atoms with Crippen LogP contribution in [0.25, 0.3) is 11.1 Å². The average Bonchev–Trinajstić information content (AvgIpc) is 2.98. The SMILES string of the molecule is [B][B]c1ccc2c(cc1=O)C[C@@H](CC(=O)CC)Cc1cc(OC)c(OC)c(OC)c1-2. The number of fused-ring (bicyclic) bond motifs is 3. The van der Waals surface area contributed by atoms with Crippen molar-refractivity contribution in [2.45, 2.75) is 32.6 Å². The molecule has 0 amide bonds. The normalized spacial score (nSPS) is 14.7. The van der Waals surface area contributed by atoms with Crippen molar-refractivity contribution in [3.63, 3.8) is 0 Å². The summed E-state index contributed by atoms with van der Waals surface area (Å²) in [4.78, 5) is 24.9. The second kappa shape index (κ2) is 9.41. The smallest absolute Gasteiger partial charge is 0.203 e. The first-order chi connectivity index (χ1) is 14.5. The lowest BCUT2D eigenvalue weighted by Gasteiger charge is -2.20. The van der Waals surface area contributed by atoms with Crippen molar-refractivity contribution < 1.29 is 19.0 Å². The largest absolute Gasteiger partial charge is 0.493 e. The van der Waals surface area contributed by atoms with Crippen LogP contribution in [0.4, 0.5) is 0 Å². The fourth-order valence-corrected chi connectivity index (χ4v) is 4.20. The Morgan fingerprint density at radius 1 is 1.07 bits per heavy atom. The van der Waals surface area contributed by atoms with E-state index in [9.17, 15) is 9.59 Å². The van der Waals surface area contributed by atoms with Crippen LogP contribution in [-0.2, 0) is 17.6 Å². The van der Waals surface area contributed by atoms with E-state index < -0.39 is 0 Å². The standard InChI is InChI=1S/C23H25B2O5/c1-5-16(26)10-13-8-14-11-19(27)18(25-24)7-6-17(14)21-15(9-13)12-20(28-2)22(29-3)23(21)30-4/h6-7,11-13H,5,8-10H2,1-4H3/t13-/m1/s1. The number of Topliss-reactive ketones (excluding diaryl/α,β-unsaturated/α-hetero) is 1. The number of carbonyl (C=O) groups is 1. The Bertz CT molecular complexity index is 1020. The topological polar surface area (TPSA) is 61.8 Å². The molecule has 153 valence electrons. The minimum atomic E-state index is -0.151. The molecule has 3 rings (SSSR count). The lowest BCUT2D eigenvalue weighted by Crippen LogP contribution is -2.29. The molecule has 0 N–H and O–H groups in total. The van der Waals surface area contributed by atoms with Crippen molar-refractivity contribution in [2.24, 2.45) is 5.92 Å². The molecule has 0 spiro atoms. The molecule has 0 unspecified atom stereocenters. The van der Waals surface area contributed by atoms with Crippen LogP contribution in [0.5, 0.6) is 17.2 Å². The molecule has 30 heavy (non-hydrogen) atoms. The van der Waals surface area contributed by atoms with Gasteiger partial charge in [0.05, 0.1) is 21.3 Å². The first-order valence-electron chi connectivity index (χ1n) is 10.0. The third-order valence-electron chi connectivity index (χ3n) is 5.65. The van der Waals surface area contributed by atoms with Crippen molar-refractivity contribution in [1.29, 1.82) is 0 Å². The van der Waals surface area contributed by atoms with Crippen molar-refractivity contribution in [3.8, 4) is 28.4 Å². The Labute approximate surface area is 179 Å². The van der Waals surface area contributed by atoms with Crippen LogP contribution >= 0.6 is 0 Å². The van der Waals surface area contributed by atoms with Gasteiger partial charge in [0.1, 0.15) is 13.0 Å². The summed E-state index contributed by atoms with van der Waals surface area (Å²) in [5.41, 5.74) is 3.86. The number of rotatable bonds is 7. The van der Waals surface area contributed by atoms with E-state index in [4.69, 9.17) is 21.9 Å². The molecular formula is C23H25B2O5. The molecule has 0 saturated carbocycles. The van der Waals surface area contributed by atoms with E-state index in [0.29, 0.717) is 48.4 Å². The number of carbonyl (C=O) groups excluding carboxylic acids is 1. The molecule has 0 bridgehead atoms. The van der Waals surface area contributed by atoms with Gasteiger partial charge in [0.25, 0.3) is 0 Å². The van der Waals surface area contributed by atoms with Crippen molar-refractivity contribution in [2.75, 3.05) is 21.3 Å². The number of methoxy groups -OCH3 is 3. The summed E-state index contributed by atoms with van der Waals surface area (Å²) in [5.74, 6) is 1.88. The highest BCUT2D eigenvalue weighted by molar-refractivity contribution is 6.97. The molecule has 1 atom stereocenters. The van der Waals surface area contributed by atoms with Gasteiger partial charge in [-0.05, 0) is 47.6 Å². The van der Waals surface area contributed by atoms with Gasteiger partial charge in [0, 0.05) is 26.1 Å². The summed E-state index contributed by atoms with van der Waals surface area (Å²) in [5, 5.41) is 0.